The van der Waals surface area contributed by atoms with Crippen molar-refractivity contribution in [2.24, 2.45) is 0 Å². The number of amides is 1. The van der Waals surface area contributed by atoms with Crippen molar-refractivity contribution in [1.29, 1.82) is 0 Å². The highest BCUT2D eigenvalue weighted by Gasteiger charge is 2.17. The molecule has 0 aliphatic carbocycles. The van der Waals surface area contributed by atoms with E-state index in [1.54, 1.807) is 12.3 Å². The van der Waals surface area contributed by atoms with Gasteiger partial charge < -0.3 is 14.8 Å². The van der Waals surface area contributed by atoms with Crippen molar-refractivity contribution in [3.8, 4) is 11.6 Å². The van der Waals surface area contributed by atoms with Gasteiger partial charge in [-0.25, -0.2) is 0 Å². The van der Waals surface area contributed by atoms with Crippen molar-refractivity contribution in [1.82, 2.24) is 20.1 Å². The van der Waals surface area contributed by atoms with Crippen LogP contribution in [0.5, 0.6) is 0 Å². The van der Waals surface area contributed by atoms with Gasteiger partial charge in [0.1, 0.15) is 0 Å². The number of nitrogens with one attached hydrogen (secondary N) is 1. The van der Waals surface area contributed by atoms with Gasteiger partial charge in [-0.15, -0.1) is 10.2 Å². The van der Waals surface area contributed by atoms with Crippen LogP contribution in [0, 0.1) is 0 Å². The zero-order chi connectivity index (χ0) is 17.5. The van der Waals surface area contributed by atoms with Gasteiger partial charge in [0, 0.05) is 6.54 Å². The van der Waals surface area contributed by atoms with Crippen LogP contribution in [0.4, 0.5) is 0 Å². The van der Waals surface area contributed by atoms with E-state index < -0.39 is 0 Å². The Bertz CT molecular complexity index is 803. The zero-order valence-electron chi connectivity index (χ0n) is 13.5. The molecular weight excluding hydrogens is 340 g/mol. The van der Waals surface area contributed by atoms with Gasteiger partial charge in [0.05, 0.1) is 25.2 Å². The molecule has 0 atom stereocenters. The summed E-state index contributed by atoms with van der Waals surface area (Å²) in [6, 6.07) is 13.6. The SMILES string of the molecule is O=C(CSc1nnc(-c2ccco2)n1Cc1ccccc1)NCCO. The van der Waals surface area contributed by atoms with Crippen molar-refractivity contribution < 1.29 is 14.3 Å². The fourth-order valence-electron chi connectivity index (χ4n) is 2.27. The van der Waals surface area contributed by atoms with E-state index in [4.69, 9.17) is 9.52 Å². The normalized spacial score (nSPS) is 10.8. The van der Waals surface area contributed by atoms with Gasteiger partial charge in [-0.2, -0.15) is 0 Å². The third kappa shape index (κ3) is 4.49. The van der Waals surface area contributed by atoms with Crippen LogP contribution in [-0.2, 0) is 11.3 Å². The van der Waals surface area contributed by atoms with E-state index in [0.29, 0.717) is 23.3 Å². The van der Waals surface area contributed by atoms with Crippen molar-refractivity contribution in [2.75, 3.05) is 18.9 Å². The van der Waals surface area contributed by atoms with Gasteiger partial charge in [0.2, 0.25) is 11.7 Å². The van der Waals surface area contributed by atoms with E-state index >= 15 is 0 Å². The number of aliphatic hydroxyl groups is 1. The summed E-state index contributed by atoms with van der Waals surface area (Å²) in [5, 5.41) is 20.4. The molecule has 2 N–H and O–H groups in total. The van der Waals surface area contributed by atoms with Crippen LogP contribution in [0.2, 0.25) is 0 Å². The lowest BCUT2D eigenvalue weighted by molar-refractivity contribution is -0.118. The summed E-state index contributed by atoms with van der Waals surface area (Å²) in [6.45, 7) is 0.738. The first-order valence-corrected chi connectivity index (χ1v) is 8.78. The quantitative estimate of drug-likeness (QED) is 0.596. The third-order valence-electron chi connectivity index (χ3n) is 3.41. The molecule has 130 valence electrons. The maximum absolute atomic E-state index is 11.8. The van der Waals surface area contributed by atoms with Crippen LogP contribution in [0.3, 0.4) is 0 Å². The lowest BCUT2D eigenvalue weighted by Gasteiger charge is -2.09. The number of hydrogen-bond acceptors (Lipinski definition) is 6. The minimum atomic E-state index is -0.159. The second kappa shape index (κ2) is 8.50. The average Bonchev–Trinajstić information content (AvgIpc) is 3.29. The van der Waals surface area contributed by atoms with Crippen LogP contribution < -0.4 is 5.32 Å². The average molecular weight is 358 g/mol. The van der Waals surface area contributed by atoms with E-state index in [9.17, 15) is 4.79 Å². The molecule has 2 heterocycles. The predicted octanol–water partition coefficient (Wildman–Crippen LogP) is 1.79. The first-order valence-electron chi connectivity index (χ1n) is 7.79. The molecule has 0 aliphatic rings. The summed E-state index contributed by atoms with van der Waals surface area (Å²) in [5.41, 5.74) is 1.10. The molecule has 1 aromatic carbocycles. The number of aliphatic hydroxyl groups excluding tert-OH is 1. The molecule has 0 fully saturated rings. The summed E-state index contributed by atoms with van der Waals surface area (Å²) < 4.78 is 7.38. The molecule has 3 aromatic rings. The lowest BCUT2D eigenvalue weighted by Crippen LogP contribution is -2.28. The zero-order valence-corrected chi connectivity index (χ0v) is 14.3. The van der Waals surface area contributed by atoms with E-state index in [-0.39, 0.29) is 24.8 Å². The van der Waals surface area contributed by atoms with Crippen LogP contribution in [-0.4, -0.2) is 44.7 Å². The molecule has 2 aromatic heterocycles. The molecule has 0 aliphatic heterocycles. The number of nitrogens with zero attached hydrogens (tertiary/aromatic N) is 3. The Morgan fingerprint density at radius 1 is 1.20 bits per heavy atom. The number of hydrogen-bond donors (Lipinski definition) is 2. The summed E-state index contributed by atoms with van der Waals surface area (Å²) in [5.74, 6) is 1.28. The van der Waals surface area contributed by atoms with E-state index in [2.05, 4.69) is 15.5 Å². The standard InChI is InChI=1S/C17H18N4O3S/c22-9-8-18-15(23)12-25-17-20-19-16(14-7-4-10-24-14)21(17)11-13-5-2-1-3-6-13/h1-7,10,22H,8-9,11-12H2,(H,18,23). The number of benzene rings is 1. The van der Waals surface area contributed by atoms with E-state index in [0.717, 1.165) is 5.56 Å². The molecular formula is C17H18N4O3S. The monoisotopic (exact) mass is 358 g/mol. The fraction of sp³-hybridized carbons (Fsp3) is 0.235. The molecule has 8 heteroatoms. The first kappa shape index (κ1) is 17.2. The van der Waals surface area contributed by atoms with Gasteiger partial charge in [0.15, 0.2) is 10.9 Å². The first-order chi connectivity index (χ1) is 12.3. The summed E-state index contributed by atoms with van der Waals surface area (Å²) in [4.78, 5) is 11.8. The Hall–Kier alpha value is -2.58. The molecule has 0 saturated carbocycles. The minimum absolute atomic E-state index is 0.0801. The maximum atomic E-state index is 11.8. The maximum Gasteiger partial charge on any atom is 0.230 e. The molecule has 0 bridgehead atoms. The third-order valence-corrected chi connectivity index (χ3v) is 4.38. The number of thioether (sulfide) groups is 1. The highest BCUT2D eigenvalue weighted by molar-refractivity contribution is 7.99. The molecule has 25 heavy (non-hydrogen) atoms. The second-order valence-corrected chi connectivity index (χ2v) is 6.16. The fourth-order valence-corrected chi connectivity index (χ4v) is 3.04. The lowest BCUT2D eigenvalue weighted by atomic mass is 10.2. The van der Waals surface area contributed by atoms with Gasteiger partial charge in [-0.3, -0.25) is 9.36 Å². The number of aromatic nitrogens is 3. The van der Waals surface area contributed by atoms with Crippen molar-refractivity contribution >= 4 is 17.7 Å². The van der Waals surface area contributed by atoms with Crippen LogP contribution in [0.1, 0.15) is 5.56 Å². The van der Waals surface area contributed by atoms with Gasteiger partial charge in [-0.1, -0.05) is 42.1 Å². The van der Waals surface area contributed by atoms with Crippen molar-refractivity contribution in [2.45, 2.75) is 11.7 Å². The summed E-state index contributed by atoms with van der Waals surface area (Å²) >= 11 is 1.30. The van der Waals surface area contributed by atoms with Crippen LogP contribution >= 0.6 is 11.8 Å². The molecule has 0 saturated heterocycles. The number of carbonyl (C=O) groups excluding carboxylic acids is 1. The molecule has 0 spiro atoms. The van der Waals surface area contributed by atoms with Crippen LogP contribution in [0.15, 0.2) is 58.3 Å². The number of furan rings is 1. The van der Waals surface area contributed by atoms with Crippen molar-refractivity contribution in [3.63, 3.8) is 0 Å². The molecule has 0 radical (unpaired) electrons. The second-order valence-electron chi connectivity index (χ2n) is 5.22. The Morgan fingerprint density at radius 2 is 2.04 bits per heavy atom. The largest absolute Gasteiger partial charge is 0.461 e. The van der Waals surface area contributed by atoms with Gasteiger partial charge in [0.25, 0.3) is 0 Å². The van der Waals surface area contributed by atoms with Crippen LogP contribution in [0.25, 0.3) is 11.6 Å². The van der Waals surface area contributed by atoms with Gasteiger partial charge >= 0.3 is 0 Å². The smallest absolute Gasteiger partial charge is 0.230 e. The topological polar surface area (TPSA) is 93.2 Å². The van der Waals surface area contributed by atoms with E-state index in [1.165, 1.54) is 11.8 Å². The Morgan fingerprint density at radius 3 is 2.76 bits per heavy atom. The summed E-state index contributed by atoms with van der Waals surface area (Å²) in [6.07, 6.45) is 1.59. The molecule has 0 unspecified atom stereocenters. The molecule has 3 rings (SSSR count). The molecule has 1 amide bonds. The highest BCUT2D eigenvalue weighted by atomic mass is 32.2. The minimum Gasteiger partial charge on any atom is -0.461 e. The van der Waals surface area contributed by atoms with Gasteiger partial charge in [-0.05, 0) is 17.7 Å². The predicted molar refractivity (Wildman–Crippen MR) is 94.1 cm³/mol. The summed E-state index contributed by atoms with van der Waals surface area (Å²) in [7, 11) is 0. The number of carbonyl (C=O) groups is 1. The Kier molecular flexibility index (Phi) is 5.86. The Balaban J connectivity index is 1.81. The van der Waals surface area contributed by atoms with Crippen molar-refractivity contribution in [3.05, 3.63) is 54.3 Å². The highest BCUT2D eigenvalue weighted by Crippen LogP contribution is 2.25. The van der Waals surface area contributed by atoms with E-state index in [1.807, 2.05) is 41.0 Å². The molecule has 7 nitrogen and oxygen atoms in total. The number of rotatable bonds is 8. The Labute approximate surface area is 149 Å².